The molecule has 0 aromatic rings. The van der Waals surface area contributed by atoms with E-state index >= 15 is 0 Å². The maximum Gasteiger partial charge on any atom is 0.0637 e. The van der Waals surface area contributed by atoms with E-state index in [4.69, 9.17) is 0 Å². The Morgan fingerprint density at radius 2 is 2.10 bits per heavy atom. The second-order valence-electron chi connectivity index (χ2n) is 5.24. The molecule has 0 heterocycles. The Kier molecular flexibility index (Phi) is 6.87. The number of nitrogens with zero attached hydrogens (tertiary/aromatic N) is 1. The summed E-state index contributed by atoms with van der Waals surface area (Å²) in [6.45, 7) is 19.0. The van der Waals surface area contributed by atoms with Gasteiger partial charge in [-0.2, -0.15) is 0 Å². The molecule has 1 aliphatic carbocycles. The minimum Gasteiger partial charge on any atom is -0.285 e. The normalized spacial score (nSPS) is 19.7. The molecule has 1 nitrogen and oxygen atoms in total. The van der Waals surface area contributed by atoms with Crippen LogP contribution < -0.4 is 0 Å². The van der Waals surface area contributed by atoms with Gasteiger partial charge in [0.1, 0.15) is 0 Å². The zero-order chi connectivity index (χ0) is 15.8. The van der Waals surface area contributed by atoms with Crippen molar-refractivity contribution in [2.75, 3.05) is 6.54 Å². The molecule has 0 aromatic carbocycles. The fourth-order valence-corrected chi connectivity index (χ4v) is 2.46. The molecule has 0 N–H and O–H groups in total. The van der Waals surface area contributed by atoms with E-state index in [1.165, 1.54) is 11.1 Å². The van der Waals surface area contributed by atoms with Crippen LogP contribution in [-0.2, 0) is 0 Å². The monoisotopic (exact) mass is 281 g/mol. The van der Waals surface area contributed by atoms with Gasteiger partial charge in [-0.3, -0.25) is 4.99 Å². The average Bonchev–Trinajstić information content (AvgIpc) is 2.51. The first-order chi connectivity index (χ1) is 10.1. The number of hydrogen-bond acceptors (Lipinski definition) is 1. The van der Waals surface area contributed by atoms with Gasteiger partial charge in [-0.15, -0.1) is 6.58 Å². The van der Waals surface area contributed by atoms with E-state index < -0.39 is 0 Å². The molecule has 1 atom stereocenters. The van der Waals surface area contributed by atoms with Gasteiger partial charge in [0.2, 0.25) is 0 Å². The topological polar surface area (TPSA) is 12.4 Å². The zero-order valence-corrected chi connectivity index (χ0v) is 13.7. The van der Waals surface area contributed by atoms with Crippen LogP contribution in [0, 0.1) is 5.92 Å². The highest BCUT2D eigenvalue weighted by molar-refractivity contribution is 6.10. The van der Waals surface area contributed by atoms with Crippen LogP contribution in [0.1, 0.15) is 33.6 Å². The predicted molar refractivity (Wildman–Crippen MR) is 95.8 cm³/mol. The van der Waals surface area contributed by atoms with E-state index in [0.29, 0.717) is 5.92 Å². The summed E-state index contributed by atoms with van der Waals surface area (Å²) in [6.07, 6.45) is 12.6. The molecule has 0 amide bonds. The van der Waals surface area contributed by atoms with Crippen LogP contribution in [0.15, 0.2) is 77.4 Å². The van der Waals surface area contributed by atoms with Gasteiger partial charge in [0.25, 0.3) is 0 Å². The maximum absolute atomic E-state index is 4.44. The fourth-order valence-electron chi connectivity index (χ4n) is 2.46. The summed E-state index contributed by atoms with van der Waals surface area (Å²) in [5, 5.41) is 0. The zero-order valence-electron chi connectivity index (χ0n) is 13.7. The first-order valence-electron chi connectivity index (χ1n) is 7.64. The number of allylic oxidation sites excluding steroid dienone is 9. The lowest BCUT2D eigenvalue weighted by atomic mass is 9.87. The van der Waals surface area contributed by atoms with Gasteiger partial charge in [-0.25, -0.2) is 0 Å². The molecule has 1 aliphatic rings. The molecular formula is C20H27N. The number of hydrogen-bond donors (Lipinski definition) is 0. The molecule has 0 saturated carbocycles. The van der Waals surface area contributed by atoms with Crippen LogP contribution in [0.5, 0.6) is 0 Å². The minimum absolute atomic E-state index is 0.427. The van der Waals surface area contributed by atoms with Crippen molar-refractivity contribution in [3.63, 3.8) is 0 Å². The molecule has 0 spiro atoms. The van der Waals surface area contributed by atoms with Crippen molar-refractivity contribution in [1.82, 2.24) is 0 Å². The first kappa shape index (κ1) is 17.2. The second kappa shape index (κ2) is 8.41. The standard InChI is InChI=1S/C20H27N/c1-7-17-11-12-18(8-2)19(14-17)13-15(5)16(6)20(9-3)21-10-4/h7,9,11-13,17H,1,3,6,8,10,14H2,2,4-5H3/b15-13+,21-20?. The van der Waals surface area contributed by atoms with Gasteiger partial charge in [0.15, 0.2) is 0 Å². The maximum atomic E-state index is 4.44. The summed E-state index contributed by atoms with van der Waals surface area (Å²) in [4.78, 5) is 4.44. The van der Waals surface area contributed by atoms with E-state index in [2.05, 4.69) is 56.8 Å². The van der Waals surface area contributed by atoms with Crippen molar-refractivity contribution in [3.8, 4) is 0 Å². The molecule has 0 aromatic heterocycles. The van der Waals surface area contributed by atoms with Crippen molar-refractivity contribution in [1.29, 1.82) is 0 Å². The summed E-state index contributed by atoms with van der Waals surface area (Å²) < 4.78 is 0. The van der Waals surface area contributed by atoms with Gasteiger partial charge in [0, 0.05) is 6.54 Å². The quantitative estimate of drug-likeness (QED) is 0.327. The summed E-state index contributed by atoms with van der Waals surface area (Å²) in [6, 6.07) is 0. The summed E-state index contributed by atoms with van der Waals surface area (Å²) in [7, 11) is 0. The predicted octanol–water partition coefficient (Wildman–Crippen LogP) is 5.60. The van der Waals surface area contributed by atoms with Gasteiger partial charge >= 0.3 is 0 Å². The minimum atomic E-state index is 0.427. The highest BCUT2D eigenvalue weighted by atomic mass is 14.7. The molecule has 112 valence electrons. The highest BCUT2D eigenvalue weighted by Crippen LogP contribution is 2.29. The first-order valence-corrected chi connectivity index (χ1v) is 7.64. The Bertz CT molecular complexity index is 538. The summed E-state index contributed by atoms with van der Waals surface area (Å²) in [5.74, 6) is 0.427. The van der Waals surface area contributed by atoms with Crippen LogP contribution in [0.25, 0.3) is 0 Å². The lowest BCUT2D eigenvalue weighted by molar-refractivity contribution is 0.781. The van der Waals surface area contributed by atoms with E-state index in [1.54, 1.807) is 6.08 Å². The molecule has 1 heteroatoms. The third-order valence-electron chi connectivity index (χ3n) is 3.79. The van der Waals surface area contributed by atoms with Crippen LogP contribution >= 0.6 is 0 Å². The SMILES string of the molecule is C=CC(=NCC)C(=C)/C(C)=C/C1=C(CC)C=CC(C=C)C1. The molecule has 1 unspecified atom stereocenters. The van der Waals surface area contributed by atoms with Gasteiger partial charge in [-0.1, -0.05) is 44.4 Å². The fraction of sp³-hybridized carbons (Fsp3) is 0.350. The Hall–Kier alpha value is -1.89. The average molecular weight is 281 g/mol. The molecule has 0 fully saturated rings. The largest absolute Gasteiger partial charge is 0.285 e. The lowest BCUT2D eigenvalue weighted by Crippen LogP contribution is -2.04. The second-order valence-corrected chi connectivity index (χ2v) is 5.24. The van der Waals surface area contributed by atoms with Gasteiger partial charge in [0.05, 0.1) is 5.71 Å². The molecular weight excluding hydrogens is 254 g/mol. The summed E-state index contributed by atoms with van der Waals surface area (Å²) in [5.41, 5.74) is 5.77. The molecule has 0 bridgehead atoms. The molecule has 0 radical (unpaired) electrons. The van der Waals surface area contributed by atoms with Crippen LogP contribution in [0.2, 0.25) is 0 Å². The van der Waals surface area contributed by atoms with Crippen LogP contribution in [-0.4, -0.2) is 12.3 Å². The molecule has 0 aliphatic heterocycles. The summed E-state index contributed by atoms with van der Waals surface area (Å²) >= 11 is 0. The van der Waals surface area contributed by atoms with Crippen LogP contribution in [0.4, 0.5) is 0 Å². The lowest BCUT2D eigenvalue weighted by Gasteiger charge is -2.19. The Balaban J connectivity index is 3.09. The smallest absolute Gasteiger partial charge is 0.0637 e. The number of rotatable bonds is 7. The Morgan fingerprint density at radius 1 is 1.38 bits per heavy atom. The molecule has 0 saturated heterocycles. The third kappa shape index (κ3) is 4.56. The van der Waals surface area contributed by atoms with Crippen molar-refractivity contribution in [2.24, 2.45) is 10.9 Å². The van der Waals surface area contributed by atoms with Gasteiger partial charge < -0.3 is 0 Å². The highest BCUT2D eigenvalue weighted by Gasteiger charge is 2.13. The van der Waals surface area contributed by atoms with E-state index in [1.807, 2.05) is 13.0 Å². The van der Waals surface area contributed by atoms with Crippen molar-refractivity contribution in [2.45, 2.75) is 33.6 Å². The Labute approximate surface area is 129 Å². The van der Waals surface area contributed by atoms with E-state index in [0.717, 1.165) is 36.2 Å². The third-order valence-corrected chi connectivity index (χ3v) is 3.79. The Morgan fingerprint density at radius 3 is 2.62 bits per heavy atom. The van der Waals surface area contributed by atoms with Crippen LogP contribution in [0.3, 0.4) is 0 Å². The van der Waals surface area contributed by atoms with E-state index in [-0.39, 0.29) is 0 Å². The molecule has 21 heavy (non-hydrogen) atoms. The van der Waals surface area contributed by atoms with Gasteiger partial charge in [-0.05, 0) is 61.0 Å². The van der Waals surface area contributed by atoms with Crippen molar-refractivity contribution < 1.29 is 0 Å². The van der Waals surface area contributed by atoms with Crippen molar-refractivity contribution in [3.05, 3.63) is 72.4 Å². The molecule has 1 rings (SSSR count). The number of aliphatic imine (C=N–C) groups is 1. The van der Waals surface area contributed by atoms with Crippen molar-refractivity contribution >= 4 is 5.71 Å². The van der Waals surface area contributed by atoms with E-state index in [9.17, 15) is 0 Å².